The van der Waals surface area contributed by atoms with Crippen LogP contribution in [-0.2, 0) is 0 Å². The summed E-state index contributed by atoms with van der Waals surface area (Å²) in [5.74, 6) is 0.535. The van der Waals surface area contributed by atoms with E-state index in [0.717, 1.165) is 0 Å². The predicted octanol–water partition coefficient (Wildman–Crippen LogP) is 4.86. The van der Waals surface area contributed by atoms with E-state index < -0.39 is 6.04 Å². The molecule has 148 valence electrons. The van der Waals surface area contributed by atoms with E-state index in [4.69, 9.17) is 14.2 Å². The predicted molar refractivity (Wildman–Crippen MR) is 108 cm³/mol. The lowest BCUT2D eigenvalue weighted by Crippen LogP contribution is -2.10. The topological polar surface area (TPSA) is 89.3 Å². The molecule has 3 rings (SSSR count). The van der Waals surface area contributed by atoms with Crippen molar-refractivity contribution in [2.45, 2.75) is 6.04 Å². The molecular weight excluding hydrogens is 443 g/mol. The number of methoxy groups -OCH3 is 2. The summed E-state index contributed by atoms with van der Waals surface area (Å²) in [5, 5.41) is 12.8. The Morgan fingerprint density at radius 2 is 1.76 bits per heavy atom. The SMILES string of the molecule is COc1cc(OC)nc(Oc2ccccc2[C@H](C#N)Nc2ccc(F)cc2Br)n1. The fourth-order valence-corrected chi connectivity index (χ4v) is 2.96. The average Bonchev–Trinajstić information content (AvgIpc) is 2.73. The summed E-state index contributed by atoms with van der Waals surface area (Å²) in [6.45, 7) is 0. The quantitative estimate of drug-likeness (QED) is 0.540. The Hall–Kier alpha value is -3.38. The van der Waals surface area contributed by atoms with E-state index in [1.807, 2.05) is 0 Å². The molecule has 9 heteroatoms. The lowest BCUT2D eigenvalue weighted by Gasteiger charge is -2.18. The zero-order chi connectivity index (χ0) is 20.8. The standard InChI is InChI=1S/C20H16BrFN4O3/c1-27-18-10-19(28-2)26-20(25-18)29-17-6-4-3-5-13(17)16(11-23)24-15-8-7-12(22)9-14(15)21/h3-10,16,24H,1-2H3/t16-/m0/s1. The first-order chi connectivity index (χ1) is 14.0. The number of nitrogens with zero attached hydrogens (tertiary/aromatic N) is 3. The van der Waals surface area contributed by atoms with Crippen molar-refractivity contribution in [3.63, 3.8) is 0 Å². The average molecular weight is 459 g/mol. The van der Waals surface area contributed by atoms with Gasteiger partial charge in [0.2, 0.25) is 11.8 Å². The van der Waals surface area contributed by atoms with Gasteiger partial charge in [0.1, 0.15) is 17.6 Å². The molecule has 0 aliphatic carbocycles. The minimum Gasteiger partial charge on any atom is -0.481 e. The monoisotopic (exact) mass is 458 g/mol. The van der Waals surface area contributed by atoms with Gasteiger partial charge in [-0.25, -0.2) is 4.39 Å². The first kappa shape index (κ1) is 20.4. The summed E-state index contributed by atoms with van der Waals surface area (Å²) in [7, 11) is 2.94. The molecule has 0 amide bonds. The van der Waals surface area contributed by atoms with Crippen LogP contribution in [-0.4, -0.2) is 24.2 Å². The van der Waals surface area contributed by atoms with Crippen molar-refractivity contribution in [1.82, 2.24) is 9.97 Å². The first-order valence-corrected chi connectivity index (χ1v) is 9.18. The maximum absolute atomic E-state index is 13.3. The highest BCUT2D eigenvalue weighted by Crippen LogP contribution is 2.33. The summed E-state index contributed by atoms with van der Waals surface area (Å²) in [5.41, 5.74) is 1.11. The highest BCUT2D eigenvalue weighted by atomic mass is 79.9. The van der Waals surface area contributed by atoms with Gasteiger partial charge >= 0.3 is 6.01 Å². The van der Waals surface area contributed by atoms with Crippen LogP contribution in [0.5, 0.6) is 23.5 Å². The molecule has 1 atom stereocenters. The van der Waals surface area contributed by atoms with E-state index in [2.05, 4.69) is 37.3 Å². The Balaban J connectivity index is 1.92. The largest absolute Gasteiger partial charge is 0.481 e. The van der Waals surface area contributed by atoms with Crippen molar-refractivity contribution >= 4 is 21.6 Å². The molecule has 1 N–H and O–H groups in total. The number of hydrogen-bond acceptors (Lipinski definition) is 7. The molecule has 3 aromatic rings. The number of nitrogens with one attached hydrogen (secondary N) is 1. The third kappa shape index (κ3) is 4.92. The summed E-state index contributed by atoms with van der Waals surface area (Å²) in [6.07, 6.45) is 0. The van der Waals surface area contributed by atoms with Gasteiger partial charge in [-0.05, 0) is 40.2 Å². The molecule has 0 bridgehead atoms. The van der Waals surface area contributed by atoms with Gasteiger partial charge in [-0.3, -0.25) is 0 Å². The lowest BCUT2D eigenvalue weighted by molar-refractivity contribution is 0.347. The number of rotatable bonds is 7. The van der Waals surface area contributed by atoms with Crippen molar-refractivity contribution in [3.05, 3.63) is 64.4 Å². The second kappa shape index (κ2) is 9.21. The van der Waals surface area contributed by atoms with Gasteiger partial charge in [-0.15, -0.1) is 0 Å². The molecule has 29 heavy (non-hydrogen) atoms. The number of para-hydroxylation sites is 1. The molecule has 0 radical (unpaired) electrons. The van der Waals surface area contributed by atoms with Crippen molar-refractivity contribution in [1.29, 1.82) is 5.26 Å². The molecule has 0 spiro atoms. The van der Waals surface area contributed by atoms with Gasteiger partial charge < -0.3 is 19.5 Å². The Bertz CT molecular complexity index is 1040. The van der Waals surface area contributed by atoms with Crippen LogP contribution in [0.2, 0.25) is 0 Å². The number of ether oxygens (including phenoxy) is 3. The zero-order valence-electron chi connectivity index (χ0n) is 15.5. The van der Waals surface area contributed by atoms with Crippen molar-refractivity contribution in [3.8, 4) is 29.6 Å². The number of hydrogen-bond donors (Lipinski definition) is 1. The minimum absolute atomic E-state index is 0.00769. The second-order valence-corrected chi connectivity index (χ2v) is 6.56. The number of anilines is 1. The molecule has 1 heterocycles. The summed E-state index contributed by atoms with van der Waals surface area (Å²) in [4.78, 5) is 8.28. The number of aromatic nitrogens is 2. The van der Waals surface area contributed by atoms with Gasteiger partial charge in [-0.1, -0.05) is 18.2 Å². The highest BCUT2D eigenvalue weighted by Gasteiger charge is 2.18. The third-order valence-electron chi connectivity index (χ3n) is 3.87. The van der Waals surface area contributed by atoms with E-state index in [1.54, 1.807) is 30.3 Å². The molecule has 0 aliphatic heterocycles. The molecule has 2 aromatic carbocycles. The minimum atomic E-state index is -0.777. The van der Waals surface area contributed by atoms with Crippen LogP contribution < -0.4 is 19.5 Å². The van der Waals surface area contributed by atoms with E-state index in [0.29, 0.717) is 21.5 Å². The van der Waals surface area contributed by atoms with Crippen LogP contribution in [0.25, 0.3) is 0 Å². The van der Waals surface area contributed by atoms with Gasteiger partial charge in [0, 0.05) is 15.7 Å². The molecule has 0 fully saturated rings. The van der Waals surface area contributed by atoms with Crippen LogP contribution in [0.1, 0.15) is 11.6 Å². The van der Waals surface area contributed by atoms with Crippen LogP contribution in [0, 0.1) is 17.1 Å². The normalized spacial score (nSPS) is 11.3. The molecule has 0 aliphatic rings. The van der Waals surface area contributed by atoms with E-state index in [-0.39, 0.29) is 23.6 Å². The van der Waals surface area contributed by atoms with E-state index in [9.17, 15) is 9.65 Å². The lowest BCUT2D eigenvalue weighted by atomic mass is 10.1. The van der Waals surface area contributed by atoms with Crippen molar-refractivity contribution in [2.75, 3.05) is 19.5 Å². The third-order valence-corrected chi connectivity index (χ3v) is 4.52. The number of benzene rings is 2. The molecule has 0 saturated heterocycles. The number of nitriles is 1. The zero-order valence-corrected chi connectivity index (χ0v) is 17.1. The van der Waals surface area contributed by atoms with Gasteiger partial charge in [0.15, 0.2) is 0 Å². The molecule has 0 unspecified atom stereocenters. The van der Waals surface area contributed by atoms with Crippen molar-refractivity contribution < 1.29 is 18.6 Å². The van der Waals surface area contributed by atoms with Crippen LogP contribution in [0.4, 0.5) is 10.1 Å². The first-order valence-electron chi connectivity index (χ1n) is 8.39. The van der Waals surface area contributed by atoms with Crippen LogP contribution >= 0.6 is 15.9 Å². The molecule has 0 saturated carbocycles. The highest BCUT2D eigenvalue weighted by molar-refractivity contribution is 9.10. The van der Waals surface area contributed by atoms with Crippen LogP contribution in [0.15, 0.2) is 53.0 Å². The summed E-state index contributed by atoms with van der Waals surface area (Å²) < 4.78 is 29.9. The Labute approximate surface area is 175 Å². The molecule has 7 nitrogen and oxygen atoms in total. The van der Waals surface area contributed by atoms with Crippen molar-refractivity contribution in [2.24, 2.45) is 0 Å². The smallest absolute Gasteiger partial charge is 0.328 e. The second-order valence-electron chi connectivity index (χ2n) is 5.71. The fourth-order valence-electron chi connectivity index (χ4n) is 2.49. The van der Waals surface area contributed by atoms with Gasteiger partial charge in [0.05, 0.1) is 26.4 Å². The summed E-state index contributed by atoms with van der Waals surface area (Å²) >= 11 is 3.29. The van der Waals surface area contributed by atoms with Crippen LogP contribution in [0.3, 0.4) is 0 Å². The molecule has 1 aromatic heterocycles. The maximum Gasteiger partial charge on any atom is 0.328 e. The number of halogens is 2. The Morgan fingerprint density at radius 3 is 2.38 bits per heavy atom. The van der Waals surface area contributed by atoms with Gasteiger partial charge in [0.25, 0.3) is 0 Å². The molecular formula is C20H16BrFN4O3. The van der Waals surface area contributed by atoms with E-state index in [1.165, 1.54) is 32.4 Å². The fraction of sp³-hybridized carbons (Fsp3) is 0.150. The maximum atomic E-state index is 13.3. The van der Waals surface area contributed by atoms with Gasteiger partial charge in [-0.2, -0.15) is 15.2 Å². The Kier molecular flexibility index (Phi) is 6.46. The Morgan fingerprint density at radius 1 is 1.07 bits per heavy atom. The van der Waals surface area contributed by atoms with E-state index >= 15 is 0 Å². The summed E-state index contributed by atoms with van der Waals surface area (Å²) in [6, 6.07) is 14.1.